The average molecular weight is 306 g/mol. The molecule has 0 saturated heterocycles. The number of benzene rings is 1. The van der Waals surface area contributed by atoms with Crippen LogP contribution in [0.5, 0.6) is 0 Å². The quantitative estimate of drug-likeness (QED) is 0.653. The minimum absolute atomic E-state index is 0.631. The van der Waals surface area contributed by atoms with Crippen molar-refractivity contribution in [2.45, 2.75) is 13.0 Å². The Bertz CT molecular complexity index is 751. The SMILES string of the molecule is N=C/C(=C\N=C\N)c1ncnc2c1CCN2Cc1ccccc1. The van der Waals surface area contributed by atoms with Crippen LogP contribution < -0.4 is 10.6 Å². The first-order valence-electron chi connectivity index (χ1n) is 7.40. The normalized spacial score (nSPS) is 14.3. The molecular formula is C17H18N6. The second-order valence-electron chi connectivity index (χ2n) is 5.21. The molecule has 0 radical (unpaired) electrons. The summed E-state index contributed by atoms with van der Waals surface area (Å²) in [5.41, 5.74) is 8.97. The molecule has 0 unspecified atom stereocenters. The van der Waals surface area contributed by atoms with Crippen LogP contribution in [0.1, 0.15) is 16.8 Å². The van der Waals surface area contributed by atoms with Crippen LogP contribution >= 0.6 is 0 Å². The molecule has 3 rings (SSSR count). The summed E-state index contributed by atoms with van der Waals surface area (Å²) >= 11 is 0. The molecule has 0 fully saturated rings. The van der Waals surface area contributed by atoms with E-state index in [0.717, 1.165) is 36.6 Å². The molecule has 0 aliphatic carbocycles. The van der Waals surface area contributed by atoms with Crippen molar-refractivity contribution < 1.29 is 0 Å². The number of nitrogens with zero attached hydrogens (tertiary/aromatic N) is 4. The van der Waals surface area contributed by atoms with E-state index >= 15 is 0 Å². The summed E-state index contributed by atoms with van der Waals surface area (Å²) in [5, 5.41) is 7.59. The summed E-state index contributed by atoms with van der Waals surface area (Å²) in [6, 6.07) is 10.3. The van der Waals surface area contributed by atoms with Crippen LogP contribution in [0.3, 0.4) is 0 Å². The van der Waals surface area contributed by atoms with Gasteiger partial charge in [-0.3, -0.25) is 0 Å². The van der Waals surface area contributed by atoms with Gasteiger partial charge in [-0.15, -0.1) is 0 Å². The molecule has 1 aromatic carbocycles. The molecule has 0 saturated carbocycles. The zero-order chi connectivity index (χ0) is 16.1. The molecule has 0 spiro atoms. The van der Waals surface area contributed by atoms with Gasteiger partial charge in [0.05, 0.1) is 12.0 Å². The van der Waals surface area contributed by atoms with Gasteiger partial charge in [0.25, 0.3) is 0 Å². The molecule has 6 heteroatoms. The molecule has 2 heterocycles. The number of aliphatic imine (C=N–C) groups is 1. The summed E-state index contributed by atoms with van der Waals surface area (Å²) in [5.74, 6) is 0.934. The molecule has 6 nitrogen and oxygen atoms in total. The third-order valence-electron chi connectivity index (χ3n) is 3.80. The number of allylic oxidation sites excluding steroid dienone is 1. The number of anilines is 1. The number of hydrogen-bond donors (Lipinski definition) is 2. The fourth-order valence-corrected chi connectivity index (χ4v) is 2.76. The van der Waals surface area contributed by atoms with Crippen molar-refractivity contribution in [2.75, 3.05) is 11.4 Å². The van der Waals surface area contributed by atoms with Gasteiger partial charge in [0, 0.05) is 36.6 Å². The minimum Gasteiger partial charge on any atom is -0.390 e. The Labute approximate surface area is 134 Å². The summed E-state index contributed by atoms with van der Waals surface area (Å²) in [4.78, 5) is 14.9. The molecule has 0 bridgehead atoms. The Morgan fingerprint density at radius 3 is 2.87 bits per heavy atom. The van der Waals surface area contributed by atoms with E-state index in [9.17, 15) is 0 Å². The number of nitrogens with one attached hydrogen (secondary N) is 1. The highest BCUT2D eigenvalue weighted by Crippen LogP contribution is 2.31. The molecule has 3 N–H and O–H groups in total. The zero-order valence-corrected chi connectivity index (χ0v) is 12.7. The van der Waals surface area contributed by atoms with Crippen LogP contribution in [0.4, 0.5) is 5.82 Å². The van der Waals surface area contributed by atoms with E-state index in [4.69, 9.17) is 11.1 Å². The van der Waals surface area contributed by atoms with E-state index in [1.165, 1.54) is 18.1 Å². The van der Waals surface area contributed by atoms with Crippen LogP contribution in [0.2, 0.25) is 0 Å². The maximum absolute atomic E-state index is 7.59. The van der Waals surface area contributed by atoms with Crippen molar-refractivity contribution in [1.82, 2.24) is 9.97 Å². The molecule has 23 heavy (non-hydrogen) atoms. The molecule has 0 amide bonds. The Balaban J connectivity index is 1.92. The minimum atomic E-state index is 0.631. The van der Waals surface area contributed by atoms with E-state index in [0.29, 0.717) is 5.57 Å². The van der Waals surface area contributed by atoms with Gasteiger partial charge in [0.2, 0.25) is 0 Å². The Morgan fingerprint density at radius 1 is 1.30 bits per heavy atom. The van der Waals surface area contributed by atoms with E-state index in [1.54, 1.807) is 12.5 Å². The molecule has 1 aliphatic heterocycles. The summed E-state index contributed by atoms with van der Waals surface area (Å²) in [7, 11) is 0. The number of hydrogen-bond acceptors (Lipinski definition) is 5. The van der Waals surface area contributed by atoms with Crippen molar-refractivity contribution in [3.8, 4) is 0 Å². The molecule has 1 aliphatic rings. The smallest absolute Gasteiger partial charge is 0.136 e. The first-order chi connectivity index (χ1) is 11.3. The molecule has 0 atom stereocenters. The van der Waals surface area contributed by atoms with Gasteiger partial charge >= 0.3 is 0 Å². The molecule has 1 aromatic heterocycles. The lowest BCUT2D eigenvalue weighted by Crippen LogP contribution is -2.20. The van der Waals surface area contributed by atoms with Crippen LogP contribution in [0, 0.1) is 5.41 Å². The number of fused-ring (bicyclic) bond motifs is 1. The van der Waals surface area contributed by atoms with Crippen LogP contribution in [-0.4, -0.2) is 29.1 Å². The standard InChI is InChI=1S/C17H18N6/c18-8-14(9-20-11-19)16-15-6-7-23(17(15)22-12-21-16)10-13-4-2-1-3-5-13/h1-5,8-9,11-12,18H,6-7,10H2,(H2,19,20)/b14-9+,18-8?. The van der Waals surface area contributed by atoms with Gasteiger partial charge in [-0.25, -0.2) is 15.0 Å². The van der Waals surface area contributed by atoms with E-state index in [-0.39, 0.29) is 0 Å². The highest BCUT2D eigenvalue weighted by molar-refractivity contribution is 6.08. The van der Waals surface area contributed by atoms with Crippen molar-refractivity contribution in [2.24, 2.45) is 10.7 Å². The first kappa shape index (κ1) is 14.9. The summed E-state index contributed by atoms with van der Waals surface area (Å²) in [6.45, 7) is 1.70. The Hall–Kier alpha value is -3.02. The van der Waals surface area contributed by atoms with E-state index in [2.05, 4.69) is 32.0 Å². The monoisotopic (exact) mass is 306 g/mol. The Morgan fingerprint density at radius 2 is 2.13 bits per heavy atom. The first-order valence-corrected chi connectivity index (χ1v) is 7.40. The van der Waals surface area contributed by atoms with Gasteiger partial charge in [-0.2, -0.15) is 0 Å². The van der Waals surface area contributed by atoms with Crippen molar-refractivity contribution in [3.05, 3.63) is 59.7 Å². The highest BCUT2D eigenvalue weighted by Gasteiger charge is 2.25. The predicted molar refractivity (Wildman–Crippen MR) is 92.7 cm³/mol. The average Bonchev–Trinajstić information content (AvgIpc) is 3.00. The maximum atomic E-state index is 7.59. The van der Waals surface area contributed by atoms with Gasteiger partial charge in [-0.05, 0) is 12.0 Å². The van der Waals surface area contributed by atoms with Gasteiger partial charge in [-0.1, -0.05) is 30.3 Å². The van der Waals surface area contributed by atoms with Crippen molar-refractivity contribution in [1.29, 1.82) is 5.41 Å². The zero-order valence-electron chi connectivity index (χ0n) is 12.7. The van der Waals surface area contributed by atoms with Gasteiger partial charge < -0.3 is 16.0 Å². The second kappa shape index (κ2) is 6.83. The third-order valence-corrected chi connectivity index (χ3v) is 3.80. The van der Waals surface area contributed by atoms with Crippen molar-refractivity contribution >= 4 is 23.9 Å². The molecular weight excluding hydrogens is 288 g/mol. The van der Waals surface area contributed by atoms with E-state index in [1.807, 2.05) is 18.2 Å². The second-order valence-corrected chi connectivity index (χ2v) is 5.21. The van der Waals surface area contributed by atoms with E-state index < -0.39 is 0 Å². The number of rotatable bonds is 5. The third kappa shape index (κ3) is 3.11. The number of nitrogens with two attached hydrogens (primary N) is 1. The fourth-order valence-electron chi connectivity index (χ4n) is 2.76. The van der Waals surface area contributed by atoms with Gasteiger partial charge in [0.1, 0.15) is 12.1 Å². The van der Waals surface area contributed by atoms with Crippen LogP contribution in [-0.2, 0) is 13.0 Å². The van der Waals surface area contributed by atoms with Gasteiger partial charge in [0.15, 0.2) is 0 Å². The topological polar surface area (TPSA) is 91.2 Å². The van der Waals surface area contributed by atoms with Crippen LogP contribution in [0.15, 0.2) is 47.9 Å². The highest BCUT2D eigenvalue weighted by atomic mass is 15.2. The molecule has 2 aromatic rings. The summed E-state index contributed by atoms with van der Waals surface area (Å²) < 4.78 is 0. The number of aromatic nitrogens is 2. The van der Waals surface area contributed by atoms with Crippen molar-refractivity contribution in [3.63, 3.8) is 0 Å². The predicted octanol–water partition coefficient (Wildman–Crippen LogP) is 2.02. The lowest BCUT2D eigenvalue weighted by molar-refractivity contribution is 0.825. The summed E-state index contributed by atoms with van der Waals surface area (Å²) in [6.07, 6.45) is 6.40. The lowest BCUT2D eigenvalue weighted by atomic mass is 10.1. The lowest BCUT2D eigenvalue weighted by Gasteiger charge is -2.18. The fraction of sp³-hybridized carbons (Fsp3) is 0.176. The maximum Gasteiger partial charge on any atom is 0.136 e. The Kier molecular flexibility index (Phi) is 4.42. The van der Waals surface area contributed by atoms with Crippen LogP contribution in [0.25, 0.3) is 5.57 Å². The molecule has 116 valence electrons. The largest absolute Gasteiger partial charge is 0.390 e.